The fourth-order valence-corrected chi connectivity index (χ4v) is 4.05. The van der Waals surface area contributed by atoms with Gasteiger partial charge in [-0.25, -0.2) is 24.0 Å². The molecular weight excluding hydrogens is 538 g/mol. The van der Waals surface area contributed by atoms with E-state index in [1.807, 2.05) is 13.8 Å². The number of methoxy groups -OCH3 is 1. The summed E-state index contributed by atoms with van der Waals surface area (Å²) >= 11 is 4.95. The molecule has 192 valence electrons. The molecule has 0 unspecified atom stereocenters. The lowest BCUT2D eigenvalue weighted by molar-refractivity contribution is 0.0425. The highest BCUT2D eigenvalue weighted by Gasteiger charge is 2.31. The van der Waals surface area contributed by atoms with Crippen LogP contribution in [0.15, 0.2) is 48.5 Å². The number of cyclic esters (lactones) is 4. The highest BCUT2D eigenvalue weighted by atomic mass is 27.1. The Morgan fingerprint density at radius 2 is 1.21 bits per heavy atom. The van der Waals surface area contributed by atoms with Crippen LogP contribution in [0.3, 0.4) is 0 Å². The van der Waals surface area contributed by atoms with Gasteiger partial charge in [0.2, 0.25) is 0 Å². The van der Waals surface area contributed by atoms with Crippen LogP contribution in [0.4, 0.5) is 0 Å². The molecule has 0 fully saturated rings. The molecule has 0 aliphatic carbocycles. The largest absolute Gasteiger partial charge is 0.498 e. The molecule has 3 aromatic carbocycles. The van der Waals surface area contributed by atoms with E-state index in [2.05, 4.69) is 42.1 Å². The third-order valence-corrected chi connectivity index (χ3v) is 6.15. The van der Waals surface area contributed by atoms with Gasteiger partial charge in [-0.05, 0) is 42.5 Å². The standard InChI is InChI=1S/C16H8O6.C9H4O4.C2H6.2Al/c1-20-10-3-5-11(6-4-10)21-14(17)9-2-7-12-13(8-9)16(19)22-15(12)18;10-4-5-1-2-6-7(3-5)9(12)13-8(6)11;1-2;;/h2-3,6-8H,1H3;1-4H;1-2H3;;. The van der Waals surface area contributed by atoms with Crippen molar-refractivity contribution in [3.63, 3.8) is 0 Å². The van der Waals surface area contributed by atoms with E-state index in [9.17, 15) is 28.8 Å². The molecule has 0 bridgehead atoms. The number of hydrogen-bond acceptors (Lipinski definition) is 10. The fourth-order valence-electron chi connectivity index (χ4n) is 3.40. The van der Waals surface area contributed by atoms with Gasteiger partial charge in [0.05, 0.1) is 34.9 Å². The van der Waals surface area contributed by atoms with Crippen molar-refractivity contribution in [3.05, 3.63) is 81.9 Å². The summed E-state index contributed by atoms with van der Waals surface area (Å²) in [6.45, 7) is 4.00. The van der Waals surface area contributed by atoms with Gasteiger partial charge in [0.25, 0.3) is 0 Å². The van der Waals surface area contributed by atoms with Crippen LogP contribution < -0.4 is 18.3 Å². The second-order valence-corrected chi connectivity index (χ2v) is 8.80. The Balaban J connectivity index is 0.000000236. The Labute approximate surface area is 239 Å². The van der Waals surface area contributed by atoms with Gasteiger partial charge >= 0.3 is 29.8 Å². The minimum atomic E-state index is -0.770. The van der Waals surface area contributed by atoms with E-state index < -0.39 is 29.8 Å². The summed E-state index contributed by atoms with van der Waals surface area (Å²) < 4.78 is 20.8. The topological polar surface area (TPSA) is 139 Å². The van der Waals surface area contributed by atoms with Gasteiger partial charge in [0, 0.05) is 5.56 Å². The van der Waals surface area contributed by atoms with Crippen LogP contribution in [0, 0.1) is 0 Å². The molecule has 5 rings (SSSR count). The van der Waals surface area contributed by atoms with Gasteiger partial charge in [0.1, 0.15) is 17.8 Å². The van der Waals surface area contributed by atoms with Crippen LogP contribution in [-0.2, 0) is 9.47 Å². The molecule has 0 amide bonds. The molecule has 0 aromatic heterocycles. The van der Waals surface area contributed by atoms with E-state index in [1.165, 1.54) is 36.4 Å². The monoisotopic (exact) mass is 556 g/mol. The maximum Gasteiger partial charge on any atom is 0.346 e. The van der Waals surface area contributed by atoms with Gasteiger partial charge in [-0.1, -0.05) is 28.8 Å². The van der Waals surface area contributed by atoms with E-state index in [0.717, 1.165) is 4.43 Å². The van der Waals surface area contributed by atoms with E-state index >= 15 is 0 Å². The van der Waals surface area contributed by atoms with Crippen LogP contribution in [0.5, 0.6) is 11.5 Å². The first kappa shape index (κ1) is 29.5. The van der Waals surface area contributed by atoms with Crippen molar-refractivity contribution in [2.24, 2.45) is 0 Å². The second-order valence-electron chi connectivity index (χ2n) is 7.56. The Kier molecular flexibility index (Phi) is 9.58. The number of fused-ring (bicyclic) bond motifs is 2. The third kappa shape index (κ3) is 6.34. The number of esters is 5. The zero-order valence-corrected chi connectivity index (χ0v) is 23.2. The summed E-state index contributed by atoms with van der Waals surface area (Å²) in [5, 5.41) is 0. The molecule has 0 saturated carbocycles. The quantitative estimate of drug-likeness (QED) is 0.153. The summed E-state index contributed by atoms with van der Waals surface area (Å²) in [6, 6.07) is 11.7. The van der Waals surface area contributed by atoms with E-state index in [4.69, 9.17) is 9.47 Å². The van der Waals surface area contributed by atoms with Gasteiger partial charge < -0.3 is 18.9 Å². The molecular formula is C27H18Al2O10. The molecule has 0 saturated heterocycles. The summed E-state index contributed by atoms with van der Waals surface area (Å²) in [4.78, 5) is 67.6. The molecule has 4 radical (unpaired) electrons. The molecule has 2 aliphatic heterocycles. The first-order chi connectivity index (χ1) is 18.6. The molecule has 0 N–H and O–H groups in total. The Bertz CT molecular complexity index is 1530. The lowest BCUT2D eigenvalue weighted by Crippen LogP contribution is -2.20. The number of ether oxygens (including phenoxy) is 4. The highest BCUT2D eigenvalue weighted by molar-refractivity contribution is 6.38. The average molecular weight is 556 g/mol. The summed E-state index contributed by atoms with van der Waals surface area (Å²) in [5.41, 5.74) is 1.07. The first-order valence-corrected chi connectivity index (χ1v) is 12.5. The zero-order chi connectivity index (χ0) is 28.9. The maximum atomic E-state index is 12.3. The van der Waals surface area contributed by atoms with Crippen LogP contribution in [0.25, 0.3) is 0 Å². The summed E-state index contributed by atoms with van der Waals surface area (Å²) in [7, 11) is 1.55. The number of benzene rings is 3. The smallest absolute Gasteiger partial charge is 0.346 e. The van der Waals surface area contributed by atoms with Gasteiger partial charge in [0.15, 0.2) is 32.6 Å². The van der Waals surface area contributed by atoms with Crippen molar-refractivity contribution in [2.45, 2.75) is 13.8 Å². The second kappa shape index (κ2) is 12.7. The molecule has 2 heterocycles. The van der Waals surface area contributed by atoms with E-state index in [-0.39, 0.29) is 27.8 Å². The Morgan fingerprint density at radius 1 is 0.718 bits per heavy atom. The number of carbonyl (C=O) groups is 6. The number of aldehydes is 1. The van der Waals surface area contributed by atoms with Crippen molar-refractivity contribution in [3.8, 4) is 11.5 Å². The van der Waals surface area contributed by atoms with Crippen LogP contribution >= 0.6 is 0 Å². The number of hydrogen-bond donors (Lipinski definition) is 0. The van der Waals surface area contributed by atoms with Crippen molar-refractivity contribution < 1.29 is 47.7 Å². The molecule has 0 spiro atoms. The van der Waals surface area contributed by atoms with E-state index in [0.29, 0.717) is 27.8 Å². The predicted octanol–water partition coefficient (Wildman–Crippen LogP) is 1.65. The van der Waals surface area contributed by atoms with Crippen LogP contribution in [0.2, 0.25) is 0 Å². The lowest BCUT2D eigenvalue weighted by atomic mass is 10.1. The molecule has 3 aromatic rings. The minimum absolute atomic E-state index is 0.0574. The number of carbonyl (C=O) groups excluding carboxylic acids is 6. The lowest BCUT2D eigenvalue weighted by Gasteiger charge is -2.13. The summed E-state index contributed by atoms with van der Waals surface area (Å²) in [5.74, 6) is -2.50. The van der Waals surface area contributed by atoms with Crippen molar-refractivity contribution in [1.82, 2.24) is 0 Å². The van der Waals surface area contributed by atoms with Crippen molar-refractivity contribution in [2.75, 3.05) is 7.11 Å². The Hall–Kier alpha value is -4.06. The van der Waals surface area contributed by atoms with Gasteiger partial charge in [-0.15, -0.1) is 0 Å². The predicted molar refractivity (Wildman–Crippen MR) is 138 cm³/mol. The summed E-state index contributed by atoms with van der Waals surface area (Å²) in [6.07, 6.45) is 0.607. The molecule has 10 nitrogen and oxygen atoms in total. The van der Waals surface area contributed by atoms with Crippen molar-refractivity contribution >= 4 is 77.6 Å². The average Bonchev–Trinajstić information content (AvgIpc) is 3.39. The van der Waals surface area contributed by atoms with Crippen molar-refractivity contribution in [1.29, 1.82) is 0 Å². The number of rotatable bonds is 4. The van der Waals surface area contributed by atoms with Gasteiger partial charge in [-0.3, -0.25) is 4.79 Å². The SMILES string of the molecule is CC.COc1c[c]([Al])c(OC(=O)c2ccc3c(c2)C(=O)OC3=O)c[c]1[Al].O=Cc1ccc2c(c1)C(=O)OC2=O. The zero-order valence-electron chi connectivity index (χ0n) is 20.9. The molecule has 12 heteroatoms. The van der Waals surface area contributed by atoms with Crippen LogP contribution in [-0.4, -0.2) is 75.8 Å². The highest BCUT2D eigenvalue weighted by Crippen LogP contribution is 2.22. The third-order valence-electron chi connectivity index (χ3n) is 5.25. The minimum Gasteiger partial charge on any atom is -0.498 e. The Morgan fingerprint density at radius 3 is 1.77 bits per heavy atom. The molecule has 2 aliphatic rings. The maximum absolute atomic E-state index is 12.3. The normalized spacial score (nSPS) is 12.5. The molecule has 39 heavy (non-hydrogen) atoms. The van der Waals surface area contributed by atoms with E-state index in [1.54, 1.807) is 19.2 Å². The first-order valence-electron chi connectivity index (χ1n) is 11.3. The van der Waals surface area contributed by atoms with Crippen LogP contribution in [0.1, 0.15) is 76.0 Å². The molecule has 0 atom stereocenters. The fraction of sp³-hybridized carbons (Fsp3) is 0.111. The van der Waals surface area contributed by atoms with Gasteiger partial charge in [-0.2, -0.15) is 0 Å².